The Morgan fingerprint density at radius 3 is 2.73 bits per heavy atom. The summed E-state index contributed by atoms with van der Waals surface area (Å²) in [5, 5.41) is 3.69. The van der Waals surface area contributed by atoms with Gasteiger partial charge in [0.1, 0.15) is 0 Å². The summed E-state index contributed by atoms with van der Waals surface area (Å²) in [5.74, 6) is -0.426. The van der Waals surface area contributed by atoms with Crippen molar-refractivity contribution in [1.82, 2.24) is 5.32 Å². The maximum absolute atomic E-state index is 12.7. The quantitative estimate of drug-likeness (QED) is 0.672. The van der Waals surface area contributed by atoms with Crippen LogP contribution in [-0.4, -0.2) is 19.0 Å². The van der Waals surface area contributed by atoms with Gasteiger partial charge >= 0.3 is 5.97 Å². The van der Waals surface area contributed by atoms with Crippen molar-refractivity contribution in [2.45, 2.75) is 24.8 Å². The number of carbonyl (C=O) groups is 2. The van der Waals surface area contributed by atoms with Crippen LogP contribution < -0.4 is 5.32 Å². The van der Waals surface area contributed by atoms with E-state index >= 15 is 0 Å². The predicted octanol–water partition coefficient (Wildman–Crippen LogP) is 4.63. The van der Waals surface area contributed by atoms with Crippen LogP contribution in [0.3, 0.4) is 0 Å². The number of methoxy groups -OCH3 is 1. The van der Waals surface area contributed by atoms with Crippen molar-refractivity contribution in [3.8, 4) is 0 Å². The number of nitrogens with one attached hydrogen (secondary N) is 1. The largest absolute Gasteiger partial charge is 0.469 e. The Kier molecular flexibility index (Phi) is 5.99. The van der Waals surface area contributed by atoms with Crippen LogP contribution in [0.1, 0.15) is 35.9 Å². The summed E-state index contributed by atoms with van der Waals surface area (Å²) in [6.45, 7) is 0. The number of ether oxygens (including phenoxy) is 1. The molecule has 0 radical (unpaired) electrons. The van der Waals surface area contributed by atoms with Crippen LogP contribution in [0.25, 0.3) is 0 Å². The van der Waals surface area contributed by atoms with E-state index in [1.807, 2.05) is 48.5 Å². The van der Waals surface area contributed by atoms with E-state index in [9.17, 15) is 9.59 Å². The Morgan fingerprint density at radius 2 is 2.04 bits per heavy atom. The number of esters is 1. The smallest absolute Gasteiger partial charge is 0.307 e. The van der Waals surface area contributed by atoms with Gasteiger partial charge < -0.3 is 10.1 Å². The van der Waals surface area contributed by atoms with E-state index in [0.29, 0.717) is 5.02 Å². The average molecular weight is 437 g/mol. The van der Waals surface area contributed by atoms with E-state index in [-0.39, 0.29) is 30.1 Å². The standard InChI is InChI=1S/C20H19BrClNO3/c1-26-19(24)11-18(12-5-4-6-13(21)9-12)23-20(25)16-10-15(16)14-7-2-3-8-17(14)22/h2-9,15-16,18H,10-11H2,1H3,(H,23,25). The van der Waals surface area contributed by atoms with E-state index in [4.69, 9.17) is 16.3 Å². The van der Waals surface area contributed by atoms with Crippen LogP contribution in [-0.2, 0) is 14.3 Å². The van der Waals surface area contributed by atoms with E-state index in [2.05, 4.69) is 21.2 Å². The van der Waals surface area contributed by atoms with Crippen molar-refractivity contribution in [2.75, 3.05) is 7.11 Å². The van der Waals surface area contributed by atoms with Crippen molar-refractivity contribution < 1.29 is 14.3 Å². The molecule has 6 heteroatoms. The van der Waals surface area contributed by atoms with Crippen LogP contribution in [0.4, 0.5) is 0 Å². The summed E-state index contributed by atoms with van der Waals surface area (Å²) in [5.41, 5.74) is 1.86. The zero-order valence-corrected chi connectivity index (χ0v) is 16.6. The van der Waals surface area contributed by atoms with E-state index in [1.165, 1.54) is 7.11 Å². The predicted molar refractivity (Wildman–Crippen MR) is 104 cm³/mol. The zero-order valence-electron chi connectivity index (χ0n) is 14.2. The van der Waals surface area contributed by atoms with Crippen molar-refractivity contribution in [3.63, 3.8) is 0 Å². The Labute approximate surface area is 166 Å². The molecule has 0 saturated heterocycles. The van der Waals surface area contributed by atoms with Crippen molar-refractivity contribution >= 4 is 39.4 Å². The molecule has 3 rings (SSSR count). The number of benzene rings is 2. The molecule has 3 unspecified atom stereocenters. The van der Waals surface area contributed by atoms with Gasteiger partial charge in [0.2, 0.25) is 5.91 Å². The fraction of sp³-hybridized carbons (Fsp3) is 0.300. The average Bonchev–Trinajstić information content (AvgIpc) is 3.42. The number of hydrogen-bond acceptors (Lipinski definition) is 3. The molecular formula is C20H19BrClNO3. The first-order valence-electron chi connectivity index (χ1n) is 8.36. The monoisotopic (exact) mass is 435 g/mol. The molecule has 0 aliphatic heterocycles. The molecule has 2 aromatic carbocycles. The third kappa shape index (κ3) is 4.46. The molecule has 0 aromatic heterocycles. The molecule has 1 saturated carbocycles. The molecule has 1 aliphatic rings. The summed E-state index contributed by atoms with van der Waals surface area (Å²) < 4.78 is 5.67. The summed E-state index contributed by atoms with van der Waals surface area (Å²) in [4.78, 5) is 24.5. The van der Waals surface area contributed by atoms with E-state index < -0.39 is 6.04 Å². The van der Waals surface area contributed by atoms with Gasteiger partial charge in [-0.3, -0.25) is 9.59 Å². The van der Waals surface area contributed by atoms with Gasteiger partial charge in [0.05, 0.1) is 19.6 Å². The van der Waals surface area contributed by atoms with Gasteiger partial charge in [-0.05, 0) is 41.7 Å². The lowest BCUT2D eigenvalue weighted by Crippen LogP contribution is -2.32. The van der Waals surface area contributed by atoms with Crippen LogP contribution in [0.5, 0.6) is 0 Å². The molecule has 0 spiro atoms. The van der Waals surface area contributed by atoms with Crippen LogP contribution >= 0.6 is 27.5 Å². The number of carbonyl (C=O) groups excluding carboxylic acids is 2. The topological polar surface area (TPSA) is 55.4 Å². The van der Waals surface area contributed by atoms with Crippen LogP contribution in [0, 0.1) is 5.92 Å². The summed E-state index contributed by atoms with van der Waals surface area (Å²) in [6, 6.07) is 14.7. The van der Waals surface area contributed by atoms with E-state index in [1.54, 1.807) is 0 Å². The number of hydrogen-bond donors (Lipinski definition) is 1. The molecule has 26 heavy (non-hydrogen) atoms. The number of rotatable bonds is 6. The molecule has 0 heterocycles. The highest BCUT2D eigenvalue weighted by atomic mass is 79.9. The second-order valence-corrected chi connectivity index (χ2v) is 7.69. The minimum absolute atomic E-state index is 0.0659. The Bertz CT molecular complexity index is 826. The normalized spacial score (nSPS) is 19.5. The first kappa shape index (κ1) is 18.9. The van der Waals surface area contributed by atoms with E-state index in [0.717, 1.165) is 22.0 Å². The summed E-state index contributed by atoms with van der Waals surface area (Å²) in [6.07, 6.45) is 0.848. The highest BCUT2D eigenvalue weighted by Gasteiger charge is 2.45. The molecule has 1 fully saturated rings. The first-order chi connectivity index (χ1) is 12.5. The number of amides is 1. The van der Waals surface area contributed by atoms with Crippen LogP contribution in [0.2, 0.25) is 5.02 Å². The van der Waals surface area contributed by atoms with Gasteiger partial charge in [-0.15, -0.1) is 0 Å². The highest BCUT2D eigenvalue weighted by molar-refractivity contribution is 9.10. The van der Waals surface area contributed by atoms with Crippen molar-refractivity contribution in [2.24, 2.45) is 5.92 Å². The lowest BCUT2D eigenvalue weighted by Gasteiger charge is -2.19. The van der Waals surface area contributed by atoms with Gasteiger partial charge in [-0.25, -0.2) is 0 Å². The third-order valence-electron chi connectivity index (χ3n) is 4.60. The molecule has 1 amide bonds. The minimum Gasteiger partial charge on any atom is -0.469 e. The fourth-order valence-electron chi connectivity index (χ4n) is 3.11. The second-order valence-electron chi connectivity index (χ2n) is 6.37. The highest BCUT2D eigenvalue weighted by Crippen LogP contribution is 2.49. The Balaban J connectivity index is 1.72. The van der Waals surface area contributed by atoms with Gasteiger partial charge in [0, 0.05) is 15.4 Å². The fourth-order valence-corrected chi connectivity index (χ4v) is 3.80. The molecule has 4 nitrogen and oxygen atoms in total. The lowest BCUT2D eigenvalue weighted by molar-refractivity contribution is -0.141. The maximum atomic E-state index is 12.7. The number of halogens is 2. The second kappa shape index (κ2) is 8.23. The molecule has 136 valence electrons. The zero-order chi connectivity index (χ0) is 18.7. The molecule has 1 N–H and O–H groups in total. The van der Waals surface area contributed by atoms with Crippen molar-refractivity contribution in [3.05, 3.63) is 69.2 Å². The summed E-state index contributed by atoms with van der Waals surface area (Å²) >= 11 is 9.66. The minimum atomic E-state index is -0.431. The Morgan fingerprint density at radius 1 is 1.27 bits per heavy atom. The van der Waals surface area contributed by atoms with Crippen LogP contribution in [0.15, 0.2) is 53.0 Å². The molecule has 3 atom stereocenters. The van der Waals surface area contributed by atoms with Gasteiger partial charge in [0.15, 0.2) is 0 Å². The SMILES string of the molecule is COC(=O)CC(NC(=O)C1CC1c1ccccc1Cl)c1cccc(Br)c1. The van der Waals surface area contributed by atoms with Gasteiger partial charge in [-0.1, -0.05) is 57.9 Å². The molecule has 0 bridgehead atoms. The first-order valence-corrected chi connectivity index (χ1v) is 9.53. The molecular weight excluding hydrogens is 418 g/mol. The maximum Gasteiger partial charge on any atom is 0.307 e. The Hall–Kier alpha value is -1.85. The van der Waals surface area contributed by atoms with Gasteiger partial charge in [0.25, 0.3) is 0 Å². The molecule has 1 aliphatic carbocycles. The third-order valence-corrected chi connectivity index (χ3v) is 5.44. The summed E-state index contributed by atoms with van der Waals surface area (Å²) in [7, 11) is 1.34. The van der Waals surface area contributed by atoms with Gasteiger partial charge in [-0.2, -0.15) is 0 Å². The lowest BCUT2D eigenvalue weighted by atomic mass is 10.0. The molecule has 2 aromatic rings. The van der Waals surface area contributed by atoms with Crippen molar-refractivity contribution in [1.29, 1.82) is 0 Å².